The Balaban J connectivity index is 2.10. The van der Waals surface area contributed by atoms with Crippen LogP contribution < -0.4 is 0 Å². The number of furan rings is 1. The standard InChI is InChI=1S/C13H12O3/c1-15-13(14)11-6-4-10(5-7-11)9-12-3-2-8-16-12/h2-8H,9H2,1H3. The van der Waals surface area contributed by atoms with Gasteiger partial charge in [0.1, 0.15) is 5.76 Å². The number of hydrogen-bond acceptors (Lipinski definition) is 3. The Morgan fingerprint density at radius 2 is 2.00 bits per heavy atom. The van der Waals surface area contributed by atoms with Gasteiger partial charge in [0.2, 0.25) is 0 Å². The number of rotatable bonds is 3. The minimum Gasteiger partial charge on any atom is -0.469 e. The number of esters is 1. The third kappa shape index (κ3) is 2.31. The number of benzene rings is 1. The maximum atomic E-state index is 11.2. The quantitative estimate of drug-likeness (QED) is 0.740. The van der Waals surface area contributed by atoms with E-state index in [2.05, 4.69) is 4.74 Å². The average Bonchev–Trinajstić information content (AvgIpc) is 2.82. The fraction of sp³-hybridized carbons (Fsp3) is 0.154. The highest BCUT2D eigenvalue weighted by atomic mass is 16.5. The fourth-order valence-corrected chi connectivity index (χ4v) is 1.49. The summed E-state index contributed by atoms with van der Waals surface area (Å²) in [6.45, 7) is 0. The van der Waals surface area contributed by atoms with Crippen LogP contribution in [0.5, 0.6) is 0 Å². The van der Waals surface area contributed by atoms with Crippen molar-refractivity contribution in [2.45, 2.75) is 6.42 Å². The van der Waals surface area contributed by atoms with Crippen molar-refractivity contribution in [3.63, 3.8) is 0 Å². The van der Waals surface area contributed by atoms with Crippen molar-refractivity contribution in [3.8, 4) is 0 Å². The van der Waals surface area contributed by atoms with Crippen LogP contribution >= 0.6 is 0 Å². The largest absolute Gasteiger partial charge is 0.469 e. The molecule has 0 saturated carbocycles. The van der Waals surface area contributed by atoms with Gasteiger partial charge in [0.05, 0.1) is 18.9 Å². The van der Waals surface area contributed by atoms with Crippen molar-refractivity contribution in [2.75, 3.05) is 7.11 Å². The van der Waals surface area contributed by atoms with Crippen molar-refractivity contribution in [1.82, 2.24) is 0 Å². The highest BCUT2D eigenvalue weighted by Crippen LogP contribution is 2.11. The summed E-state index contributed by atoms with van der Waals surface area (Å²) < 4.78 is 9.87. The van der Waals surface area contributed by atoms with Gasteiger partial charge in [-0.2, -0.15) is 0 Å². The average molecular weight is 216 g/mol. The molecule has 82 valence electrons. The van der Waals surface area contributed by atoms with Gasteiger partial charge in [0.25, 0.3) is 0 Å². The molecule has 0 amide bonds. The van der Waals surface area contributed by atoms with Crippen LogP contribution in [-0.2, 0) is 11.2 Å². The lowest BCUT2D eigenvalue weighted by Gasteiger charge is -2.01. The molecular formula is C13H12O3. The van der Waals surface area contributed by atoms with Crippen LogP contribution in [0.4, 0.5) is 0 Å². The third-order valence-corrected chi connectivity index (χ3v) is 2.33. The summed E-state index contributed by atoms with van der Waals surface area (Å²) in [5.74, 6) is 0.593. The number of methoxy groups -OCH3 is 1. The minimum atomic E-state index is -0.315. The highest BCUT2D eigenvalue weighted by molar-refractivity contribution is 5.89. The lowest BCUT2D eigenvalue weighted by Crippen LogP contribution is -2.00. The lowest BCUT2D eigenvalue weighted by molar-refractivity contribution is 0.0600. The molecule has 0 saturated heterocycles. The molecule has 3 nitrogen and oxygen atoms in total. The zero-order valence-electron chi connectivity index (χ0n) is 8.97. The second-order valence-electron chi connectivity index (χ2n) is 3.44. The maximum absolute atomic E-state index is 11.2. The molecule has 0 N–H and O–H groups in total. The highest BCUT2D eigenvalue weighted by Gasteiger charge is 2.05. The zero-order valence-corrected chi connectivity index (χ0v) is 8.97. The van der Waals surface area contributed by atoms with Crippen LogP contribution in [0.15, 0.2) is 47.1 Å². The van der Waals surface area contributed by atoms with Crippen LogP contribution in [0.1, 0.15) is 21.7 Å². The van der Waals surface area contributed by atoms with Gasteiger partial charge in [-0.3, -0.25) is 0 Å². The zero-order chi connectivity index (χ0) is 11.4. The Bertz CT molecular complexity index is 454. The van der Waals surface area contributed by atoms with Gasteiger partial charge in [-0.05, 0) is 29.8 Å². The van der Waals surface area contributed by atoms with Gasteiger partial charge in [0.15, 0.2) is 0 Å². The van der Waals surface area contributed by atoms with Gasteiger partial charge in [0, 0.05) is 6.42 Å². The monoisotopic (exact) mass is 216 g/mol. The first-order valence-electron chi connectivity index (χ1n) is 4.99. The first-order chi connectivity index (χ1) is 7.79. The number of ether oxygens (including phenoxy) is 1. The first-order valence-corrected chi connectivity index (χ1v) is 4.99. The molecule has 0 fully saturated rings. The van der Waals surface area contributed by atoms with Crippen molar-refractivity contribution in [1.29, 1.82) is 0 Å². The Morgan fingerprint density at radius 1 is 1.25 bits per heavy atom. The molecule has 2 rings (SSSR count). The molecule has 0 bridgehead atoms. The molecule has 0 unspecified atom stereocenters. The van der Waals surface area contributed by atoms with E-state index in [-0.39, 0.29) is 5.97 Å². The van der Waals surface area contributed by atoms with E-state index >= 15 is 0 Å². The van der Waals surface area contributed by atoms with Gasteiger partial charge in [-0.25, -0.2) is 4.79 Å². The van der Waals surface area contributed by atoms with E-state index in [1.54, 1.807) is 18.4 Å². The van der Waals surface area contributed by atoms with Crippen LogP contribution in [0.2, 0.25) is 0 Å². The van der Waals surface area contributed by atoms with Crippen molar-refractivity contribution < 1.29 is 13.9 Å². The number of carbonyl (C=O) groups excluding carboxylic acids is 1. The molecule has 0 aliphatic rings. The van der Waals surface area contributed by atoms with Gasteiger partial charge < -0.3 is 9.15 Å². The summed E-state index contributed by atoms with van der Waals surface area (Å²) in [5, 5.41) is 0. The number of hydrogen-bond donors (Lipinski definition) is 0. The molecule has 16 heavy (non-hydrogen) atoms. The normalized spacial score (nSPS) is 10.1. The molecule has 1 heterocycles. The van der Waals surface area contributed by atoms with Gasteiger partial charge >= 0.3 is 5.97 Å². The Labute approximate surface area is 93.7 Å². The van der Waals surface area contributed by atoms with E-state index in [9.17, 15) is 4.79 Å². The predicted molar refractivity (Wildman–Crippen MR) is 59.3 cm³/mol. The lowest BCUT2D eigenvalue weighted by atomic mass is 10.1. The minimum absolute atomic E-state index is 0.315. The van der Waals surface area contributed by atoms with E-state index in [1.807, 2.05) is 24.3 Å². The SMILES string of the molecule is COC(=O)c1ccc(Cc2ccco2)cc1. The van der Waals surface area contributed by atoms with E-state index in [1.165, 1.54) is 7.11 Å². The molecule has 2 aromatic rings. The summed E-state index contributed by atoms with van der Waals surface area (Å²) in [5.41, 5.74) is 1.66. The van der Waals surface area contributed by atoms with Crippen molar-refractivity contribution in [2.24, 2.45) is 0 Å². The summed E-state index contributed by atoms with van der Waals surface area (Å²) >= 11 is 0. The Kier molecular flexibility index (Phi) is 3.05. The van der Waals surface area contributed by atoms with E-state index < -0.39 is 0 Å². The number of carbonyl (C=O) groups is 1. The second-order valence-corrected chi connectivity index (χ2v) is 3.44. The van der Waals surface area contributed by atoms with E-state index in [0.29, 0.717) is 5.56 Å². The summed E-state index contributed by atoms with van der Waals surface area (Å²) in [6, 6.07) is 11.1. The van der Waals surface area contributed by atoms with Gasteiger partial charge in [-0.15, -0.1) is 0 Å². The molecule has 0 aliphatic carbocycles. The first kappa shape index (κ1) is 10.5. The summed E-state index contributed by atoms with van der Waals surface area (Å²) in [6.07, 6.45) is 2.38. The van der Waals surface area contributed by atoms with Crippen LogP contribution in [0.3, 0.4) is 0 Å². The molecule has 3 heteroatoms. The molecule has 0 spiro atoms. The van der Waals surface area contributed by atoms with Crippen molar-refractivity contribution in [3.05, 3.63) is 59.5 Å². The Morgan fingerprint density at radius 3 is 2.56 bits per heavy atom. The van der Waals surface area contributed by atoms with Gasteiger partial charge in [-0.1, -0.05) is 12.1 Å². The van der Waals surface area contributed by atoms with E-state index in [4.69, 9.17) is 4.42 Å². The smallest absolute Gasteiger partial charge is 0.337 e. The predicted octanol–water partition coefficient (Wildman–Crippen LogP) is 2.66. The fourth-order valence-electron chi connectivity index (χ4n) is 1.49. The molecule has 1 aromatic carbocycles. The molecule has 0 aliphatic heterocycles. The topological polar surface area (TPSA) is 39.4 Å². The molecule has 0 radical (unpaired) electrons. The molecular weight excluding hydrogens is 204 g/mol. The van der Waals surface area contributed by atoms with Crippen LogP contribution in [-0.4, -0.2) is 13.1 Å². The van der Waals surface area contributed by atoms with Crippen molar-refractivity contribution >= 4 is 5.97 Å². The summed E-state index contributed by atoms with van der Waals surface area (Å²) in [7, 11) is 1.37. The van der Waals surface area contributed by atoms with E-state index in [0.717, 1.165) is 17.7 Å². The Hall–Kier alpha value is -2.03. The van der Waals surface area contributed by atoms with Crippen LogP contribution in [0, 0.1) is 0 Å². The van der Waals surface area contributed by atoms with Crippen LogP contribution in [0.25, 0.3) is 0 Å². The maximum Gasteiger partial charge on any atom is 0.337 e. The second kappa shape index (κ2) is 4.66. The molecule has 1 aromatic heterocycles. The summed E-state index contributed by atoms with van der Waals surface area (Å²) in [4.78, 5) is 11.2. The molecule has 0 atom stereocenters. The third-order valence-electron chi connectivity index (χ3n) is 2.33.